The second kappa shape index (κ2) is 9.53. The van der Waals surface area contributed by atoms with E-state index in [9.17, 15) is 9.59 Å². The van der Waals surface area contributed by atoms with Crippen LogP contribution in [0.15, 0.2) is 54.6 Å². The Hall–Kier alpha value is -2.37. The maximum Gasteiger partial charge on any atom is 0.321 e. The maximum absolute atomic E-state index is 12.3. The maximum atomic E-state index is 12.3. The lowest BCUT2D eigenvalue weighted by Gasteiger charge is -2.34. The third-order valence-electron chi connectivity index (χ3n) is 4.73. The minimum absolute atomic E-state index is 0.0868. The van der Waals surface area contributed by atoms with Crippen molar-refractivity contribution in [3.8, 4) is 0 Å². The molecule has 0 aliphatic carbocycles. The summed E-state index contributed by atoms with van der Waals surface area (Å²) in [5.74, 6) is 0.191. The van der Waals surface area contributed by atoms with E-state index in [4.69, 9.17) is 11.6 Å². The molecule has 0 saturated carbocycles. The predicted octanol–water partition coefficient (Wildman–Crippen LogP) is 4.15. The van der Waals surface area contributed by atoms with Gasteiger partial charge in [-0.3, -0.25) is 9.69 Å². The Morgan fingerprint density at radius 3 is 2.26 bits per heavy atom. The van der Waals surface area contributed by atoms with E-state index in [1.54, 1.807) is 24.3 Å². The molecule has 27 heavy (non-hydrogen) atoms. The van der Waals surface area contributed by atoms with E-state index in [0.29, 0.717) is 24.5 Å². The van der Waals surface area contributed by atoms with Gasteiger partial charge < -0.3 is 10.2 Å². The van der Waals surface area contributed by atoms with Crippen LogP contribution in [0, 0.1) is 0 Å². The number of hydrogen-bond donors (Lipinski definition) is 1. The molecule has 0 unspecified atom stereocenters. The van der Waals surface area contributed by atoms with Gasteiger partial charge in [0.05, 0.1) is 0 Å². The monoisotopic (exact) mass is 385 g/mol. The Morgan fingerprint density at radius 2 is 1.59 bits per heavy atom. The van der Waals surface area contributed by atoms with Crippen molar-refractivity contribution in [2.75, 3.05) is 38.0 Å². The lowest BCUT2D eigenvalue weighted by Crippen LogP contribution is -2.50. The normalized spacial score (nSPS) is 14.8. The van der Waals surface area contributed by atoms with Crippen LogP contribution in [0.5, 0.6) is 0 Å². The Morgan fingerprint density at radius 1 is 0.926 bits per heavy atom. The van der Waals surface area contributed by atoms with Gasteiger partial charge in [-0.2, -0.15) is 0 Å². The Bertz CT molecular complexity index is 757. The first kappa shape index (κ1) is 19.4. The van der Waals surface area contributed by atoms with Crippen LogP contribution in [0.1, 0.15) is 23.2 Å². The number of Topliss-reactive ketones (excluding diaryl/α,β-unsaturated/α-hetero) is 1. The van der Waals surface area contributed by atoms with Crippen molar-refractivity contribution in [1.29, 1.82) is 0 Å². The van der Waals surface area contributed by atoms with E-state index in [1.807, 2.05) is 35.2 Å². The molecule has 6 heteroatoms. The Balaban J connectivity index is 1.36. The van der Waals surface area contributed by atoms with Crippen LogP contribution in [0.4, 0.5) is 10.5 Å². The number of urea groups is 1. The number of nitrogens with one attached hydrogen (secondary N) is 1. The molecule has 1 fully saturated rings. The Labute approximate surface area is 164 Å². The van der Waals surface area contributed by atoms with Crippen molar-refractivity contribution in [1.82, 2.24) is 9.80 Å². The SMILES string of the molecule is O=C(CCCN1CCN(C(=O)Nc2ccc(Cl)cc2)CC1)c1ccccc1. The molecule has 3 rings (SSSR count). The van der Waals surface area contributed by atoms with E-state index in [1.165, 1.54) is 0 Å². The summed E-state index contributed by atoms with van der Waals surface area (Å²) in [6.07, 6.45) is 1.39. The molecule has 142 valence electrons. The van der Waals surface area contributed by atoms with Gasteiger partial charge in [0.1, 0.15) is 0 Å². The molecular weight excluding hydrogens is 362 g/mol. The third kappa shape index (κ3) is 5.81. The minimum atomic E-state index is -0.0868. The number of amides is 2. The van der Waals surface area contributed by atoms with E-state index in [-0.39, 0.29) is 11.8 Å². The summed E-state index contributed by atoms with van der Waals surface area (Å²) in [6, 6.07) is 16.4. The van der Waals surface area contributed by atoms with Gasteiger partial charge in [-0.15, -0.1) is 0 Å². The molecule has 1 aliphatic heterocycles. The number of carbonyl (C=O) groups is 2. The number of piperazine rings is 1. The number of benzene rings is 2. The zero-order valence-electron chi connectivity index (χ0n) is 15.2. The number of halogens is 1. The average Bonchev–Trinajstić information content (AvgIpc) is 2.71. The lowest BCUT2D eigenvalue weighted by atomic mass is 10.1. The predicted molar refractivity (Wildman–Crippen MR) is 108 cm³/mol. The first-order chi connectivity index (χ1) is 13.1. The van der Waals surface area contributed by atoms with Crippen LogP contribution >= 0.6 is 11.6 Å². The van der Waals surface area contributed by atoms with Crippen molar-refractivity contribution >= 4 is 29.1 Å². The number of rotatable bonds is 6. The summed E-state index contributed by atoms with van der Waals surface area (Å²) >= 11 is 5.86. The second-order valence-electron chi connectivity index (χ2n) is 6.66. The largest absolute Gasteiger partial charge is 0.322 e. The number of nitrogens with zero attached hydrogens (tertiary/aromatic N) is 2. The highest BCUT2D eigenvalue weighted by atomic mass is 35.5. The first-order valence-corrected chi connectivity index (χ1v) is 9.62. The Kier molecular flexibility index (Phi) is 6.85. The van der Waals surface area contributed by atoms with Gasteiger partial charge in [0, 0.05) is 48.9 Å². The minimum Gasteiger partial charge on any atom is -0.322 e. The highest BCUT2D eigenvalue weighted by Gasteiger charge is 2.21. The fourth-order valence-electron chi connectivity index (χ4n) is 3.14. The fourth-order valence-corrected chi connectivity index (χ4v) is 3.27. The second-order valence-corrected chi connectivity index (χ2v) is 7.09. The molecule has 2 amide bonds. The topological polar surface area (TPSA) is 52.7 Å². The number of carbonyl (C=O) groups excluding carboxylic acids is 2. The molecule has 2 aromatic rings. The summed E-state index contributed by atoms with van der Waals surface area (Å²) in [7, 11) is 0. The van der Waals surface area contributed by atoms with Crippen molar-refractivity contribution < 1.29 is 9.59 Å². The summed E-state index contributed by atoms with van der Waals surface area (Å²) in [6.45, 7) is 3.91. The summed E-state index contributed by atoms with van der Waals surface area (Å²) in [5.41, 5.74) is 1.52. The zero-order chi connectivity index (χ0) is 19.1. The van der Waals surface area contributed by atoms with Crippen molar-refractivity contribution in [3.63, 3.8) is 0 Å². The van der Waals surface area contributed by atoms with Crippen molar-refractivity contribution in [2.24, 2.45) is 0 Å². The molecule has 0 spiro atoms. The van der Waals surface area contributed by atoms with E-state index in [2.05, 4.69) is 10.2 Å². The van der Waals surface area contributed by atoms with Gasteiger partial charge in [0.2, 0.25) is 0 Å². The van der Waals surface area contributed by atoms with Crippen LogP contribution < -0.4 is 5.32 Å². The fraction of sp³-hybridized carbons (Fsp3) is 0.333. The van der Waals surface area contributed by atoms with Gasteiger partial charge >= 0.3 is 6.03 Å². The van der Waals surface area contributed by atoms with Gasteiger partial charge in [0.25, 0.3) is 0 Å². The van der Waals surface area contributed by atoms with Gasteiger partial charge in [-0.05, 0) is 37.2 Å². The van der Waals surface area contributed by atoms with Crippen molar-refractivity contribution in [3.05, 3.63) is 65.2 Å². The summed E-state index contributed by atoms with van der Waals surface area (Å²) < 4.78 is 0. The van der Waals surface area contributed by atoms with Crippen LogP contribution in [-0.2, 0) is 0 Å². The van der Waals surface area contributed by atoms with E-state index < -0.39 is 0 Å². The molecule has 1 heterocycles. The lowest BCUT2D eigenvalue weighted by molar-refractivity contribution is 0.0969. The number of ketones is 1. The van der Waals surface area contributed by atoms with Crippen LogP contribution in [-0.4, -0.2) is 54.3 Å². The number of anilines is 1. The van der Waals surface area contributed by atoms with Crippen LogP contribution in [0.25, 0.3) is 0 Å². The molecule has 1 aliphatic rings. The molecule has 0 aromatic heterocycles. The van der Waals surface area contributed by atoms with Crippen molar-refractivity contribution in [2.45, 2.75) is 12.8 Å². The van der Waals surface area contributed by atoms with E-state index >= 15 is 0 Å². The number of hydrogen-bond acceptors (Lipinski definition) is 3. The molecule has 1 N–H and O–H groups in total. The van der Waals surface area contributed by atoms with Gasteiger partial charge in [-0.25, -0.2) is 4.79 Å². The molecule has 5 nitrogen and oxygen atoms in total. The average molecular weight is 386 g/mol. The third-order valence-corrected chi connectivity index (χ3v) is 4.98. The molecule has 0 atom stereocenters. The smallest absolute Gasteiger partial charge is 0.321 e. The molecule has 0 bridgehead atoms. The van der Waals surface area contributed by atoms with Crippen LogP contribution in [0.3, 0.4) is 0 Å². The molecule has 1 saturated heterocycles. The first-order valence-electron chi connectivity index (χ1n) is 9.24. The highest BCUT2D eigenvalue weighted by Crippen LogP contribution is 2.14. The van der Waals surface area contributed by atoms with Crippen LogP contribution in [0.2, 0.25) is 5.02 Å². The zero-order valence-corrected chi connectivity index (χ0v) is 16.0. The van der Waals surface area contributed by atoms with Gasteiger partial charge in [0.15, 0.2) is 5.78 Å². The standard InChI is InChI=1S/C21H24ClN3O2/c22-18-8-10-19(11-9-18)23-21(27)25-15-13-24(14-16-25)12-4-7-20(26)17-5-2-1-3-6-17/h1-3,5-6,8-11H,4,7,12-16H2,(H,23,27). The summed E-state index contributed by atoms with van der Waals surface area (Å²) in [5, 5.41) is 3.54. The summed E-state index contributed by atoms with van der Waals surface area (Å²) in [4.78, 5) is 28.6. The molecule has 0 radical (unpaired) electrons. The van der Waals surface area contributed by atoms with Gasteiger partial charge in [-0.1, -0.05) is 41.9 Å². The highest BCUT2D eigenvalue weighted by molar-refractivity contribution is 6.30. The quantitative estimate of drug-likeness (QED) is 0.760. The molecular formula is C21H24ClN3O2. The molecule has 2 aromatic carbocycles. The van der Waals surface area contributed by atoms with E-state index in [0.717, 1.165) is 37.3 Å².